The predicted molar refractivity (Wildman–Crippen MR) is 21.9 cm³/mol. The Hall–Kier alpha value is -0.0800. The lowest BCUT2D eigenvalue weighted by atomic mass is 11.1. The van der Waals surface area contributed by atoms with Crippen molar-refractivity contribution in [2.24, 2.45) is 0 Å². The first kappa shape index (κ1) is 4.92. The van der Waals surface area contributed by atoms with Crippen LogP contribution in [-0.2, 0) is 0 Å². The molecule has 32 valence electrons. The zero-order valence-corrected chi connectivity index (χ0v) is 4.00. The molecular weight excluding hydrogens is 64.0 g/mol. The Kier molecular flexibility index (Phi) is 2.14. The molecular formula is C3H11N2+. The molecule has 0 aliphatic rings. The molecule has 0 fully saturated rings. The summed E-state index contributed by atoms with van der Waals surface area (Å²) >= 11 is 0. The Balaban J connectivity index is 2.54. The van der Waals surface area contributed by atoms with Crippen LogP contribution in [0.1, 0.15) is 0 Å². The second kappa shape index (κ2) is 2.18. The summed E-state index contributed by atoms with van der Waals surface area (Å²) in [5.74, 6) is 0. The Labute approximate surface area is 32.7 Å². The van der Waals surface area contributed by atoms with Gasteiger partial charge in [-0.3, -0.25) is 5.01 Å². The van der Waals surface area contributed by atoms with Crippen molar-refractivity contribution in [3.63, 3.8) is 0 Å². The zero-order valence-electron chi connectivity index (χ0n) is 4.00. The fraction of sp³-hybridized carbons (Fsp3) is 1.00. The quantitative estimate of drug-likeness (QED) is 0.354. The molecule has 0 unspecified atom stereocenters. The van der Waals surface area contributed by atoms with Crippen LogP contribution in [0.4, 0.5) is 0 Å². The summed E-state index contributed by atoms with van der Waals surface area (Å²) in [5.41, 5.74) is 2.94. The third kappa shape index (κ3) is 3.92. The highest BCUT2D eigenvalue weighted by Gasteiger charge is 1.73. The summed E-state index contributed by atoms with van der Waals surface area (Å²) in [6.45, 7) is 0. The van der Waals surface area contributed by atoms with Crippen LogP contribution in [-0.4, -0.2) is 21.1 Å². The van der Waals surface area contributed by atoms with Crippen molar-refractivity contribution in [1.82, 2.24) is 5.43 Å². The van der Waals surface area contributed by atoms with Crippen molar-refractivity contribution in [3.8, 4) is 0 Å². The molecule has 0 atom stereocenters. The van der Waals surface area contributed by atoms with E-state index in [9.17, 15) is 0 Å². The molecule has 0 aromatic carbocycles. The van der Waals surface area contributed by atoms with E-state index >= 15 is 0 Å². The van der Waals surface area contributed by atoms with Crippen LogP contribution in [0, 0.1) is 0 Å². The summed E-state index contributed by atoms with van der Waals surface area (Å²) in [6, 6.07) is 0. The molecule has 0 aliphatic heterocycles. The standard InChI is InChI=1S/C3H10N2/c1-4-5(2)3/h4H,1-3H3/p+1. The van der Waals surface area contributed by atoms with E-state index in [2.05, 4.69) is 5.43 Å². The van der Waals surface area contributed by atoms with E-state index in [0.29, 0.717) is 0 Å². The largest absolute Gasteiger partial charge is 0.262 e. The van der Waals surface area contributed by atoms with Gasteiger partial charge in [-0.1, -0.05) is 0 Å². The first-order valence-electron chi connectivity index (χ1n) is 1.75. The molecule has 0 amide bonds. The molecule has 0 bridgehead atoms. The summed E-state index contributed by atoms with van der Waals surface area (Å²) < 4.78 is 0. The van der Waals surface area contributed by atoms with Crippen LogP contribution in [0.15, 0.2) is 0 Å². The van der Waals surface area contributed by atoms with Gasteiger partial charge in [0.15, 0.2) is 0 Å². The molecule has 0 spiro atoms. The highest BCUT2D eigenvalue weighted by Crippen LogP contribution is 0.971. The van der Waals surface area contributed by atoms with Crippen molar-refractivity contribution in [3.05, 3.63) is 0 Å². The summed E-state index contributed by atoms with van der Waals surface area (Å²) in [4.78, 5) is 0. The van der Waals surface area contributed by atoms with Crippen molar-refractivity contribution >= 4 is 0 Å². The van der Waals surface area contributed by atoms with Crippen LogP contribution in [0.5, 0.6) is 0 Å². The van der Waals surface area contributed by atoms with E-state index in [4.69, 9.17) is 0 Å². The van der Waals surface area contributed by atoms with Gasteiger partial charge in [0.2, 0.25) is 0 Å². The third-order valence-electron chi connectivity index (χ3n) is 0.500. The SMILES string of the molecule is CN[NH+](C)C. The summed E-state index contributed by atoms with van der Waals surface area (Å²) in [6.07, 6.45) is 0. The minimum absolute atomic E-state index is 1.25. The third-order valence-corrected chi connectivity index (χ3v) is 0.500. The average molecular weight is 75.1 g/mol. The maximum absolute atomic E-state index is 2.94. The van der Waals surface area contributed by atoms with Gasteiger partial charge >= 0.3 is 0 Å². The molecule has 0 saturated carbocycles. The molecule has 0 aromatic heterocycles. The Morgan fingerprint density at radius 1 is 1.40 bits per heavy atom. The molecule has 0 radical (unpaired) electrons. The maximum atomic E-state index is 2.94. The molecule has 0 heterocycles. The smallest absolute Gasteiger partial charge is 0.0839 e. The number of hydrogen-bond acceptors (Lipinski definition) is 1. The molecule has 2 nitrogen and oxygen atoms in total. The second-order valence-corrected chi connectivity index (χ2v) is 1.25. The van der Waals surface area contributed by atoms with E-state index in [1.54, 1.807) is 0 Å². The molecule has 0 rings (SSSR count). The van der Waals surface area contributed by atoms with E-state index < -0.39 is 0 Å². The lowest BCUT2D eigenvalue weighted by Crippen LogP contribution is -3.12. The van der Waals surface area contributed by atoms with Crippen molar-refractivity contribution in [2.75, 3.05) is 21.1 Å². The van der Waals surface area contributed by atoms with Crippen LogP contribution < -0.4 is 10.4 Å². The monoisotopic (exact) mass is 75.1 g/mol. The van der Waals surface area contributed by atoms with E-state index in [-0.39, 0.29) is 0 Å². The van der Waals surface area contributed by atoms with Gasteiger partial charge in [-0.25, -0.2) is 0 Å². The molecule has 2 N–H and O–H groups in total. The molecule has 5 heavy (non-hydrogen) atoms. The number of nitrogens with one attached hydrogen (secondary N) is 2. The molecule has 2 heteroatoms. The van der Waals surface area contributed by atoms with Crippen LogP contribution in [0.3, 0.4) is 0 Å². The van der Waals surface area contributed by atoms with Gasteiger partial charge in [0.1, 0.15) is 0 Å². The Bertz CT molecular complexity index is 18.9. The number of quaternary nitrogens is 1. The van der Waals surface area contributed by atoms with Gasteiger partial charge in [-0.2, -0.15) is 5.43 Å². The average Bonchev–Trinajstić information content (AvgIpc) is 1.38. The fourth-order valence-electron chi connectivity index (χ4n) is 0. The fourth-order valence-corrected chi connectivity index (χ4v) is 0. The zero-order chi connectivity index (χ0) is 4.28. The maximum Gasteiger partial charge on any atom is 0.0839 e. The van der Waals surface area contributed by atoms with E-state index in [1.165, 1.54) is 5.01 Å². The summed E-state index contributed by atoms with van der Waals surface area (Å²) in [7, 11) is 5.97. The van der Waals surface area contributed by atoms with Crippen molar-refractivity contribution in [1.29, 1.82) is 0 Å². The van der Waals surface area contributed by atoms with Crippen LogP contribution in [0.2, 0.25) is 0 Å². The number of rotatable bonds is 1. The van der Waals surface area contributed by atoms with Gasteiger partial charge in [-0.15, -0.1) is 0 Å². The molecule has 0 aliphatic carbocycles. The van der Waals surface area contributed by atoms with Gasteiger partial charge in [0.05, 0.1) is 14.1 Å². The van der Waals surface area contributed by atoms with E-state index in [0.717, 1.165) is 0 Å². The molecule has 0 saturated heterocycles. The molecule has 0 aromatic rings. The van der Waals surface area contributed by atoms with Crippen LogP contribution in [0.25, 0.3) is 0 Å². The van der Waals surface area contributed by atoms with Gasteiger partial charge in [0.25, 0.3) is 0 Å². The van der Waals surface area contributed by atoms with Crippen LogP contribution >= 0.6 is 0 Å². The van der Waals surface area contributed by atoms with Crippen molar-refractivity contribution < 1.29 is 5.01 Å². The highest BCUT2D eigenvalue weighted by molar-refractivity contribution is 3.75. The Morgan fingerprint density at radius 2 is 1.60 bits per heavy atom. The van der Waals surface area contributed by atoms with E-state index in [1.807, 2.05) is 21.1 Å². The first-order valence-corrected chi connectivity index (χ1v) is 1.75. The summed E-state index contributed by atoms with van der Waals surface area (Å²) in [5, 5.41) is 1.25. The second-order valence-electron chi connectivity index (χ2n) is 1.25. The lowest BCUT2D eigenvalue weighted by Gasteiger charge is -1.99. The van der Waals surface area contributed by atoms with Crippen molar-refractivity contribution in [2.45, 2.75) is 0 Å². The van der Waals surface area contributed by atoms with Gasteiger partial charge in [0, 0.05) is 7.05 Å². The predicted octanol–water partition coefficient (Wildman–Crippen LogP) is -1.73. The topological polar surface area (TPSA) is 16.5 Å². The number of hydrogen-bond donors (Lipinski definition) is 2. The highest BCUT2D eigenvalue weighted by atomic mass is 15.5. The first-order chi connectivity index (χ1) is 2.27. The Morgan fingerprint density at radius 3 is 1.60 bits per heavy atom. The minimum atomic E-state index is 1.25. The normalized spacial score (nSPS) is 9.60. The minimum Gasteiger partial charge on any atom is -0.262 e. The lowest BCUT2D eigenvalue weighted by molar-refractivity contribution is -0.903. The van der Waals surface area contributed by atoms with Gasteiger partial charge in [-0.05, 0) is 0 Å². The van der Waals surface area contributed by atoms with Gasteiger partial charge < -0.3 is 0 Å².